The summed E-state index contributed by atoms with van der Waals surface area (Å²) in [5, 5.41) is 8.25. The Hall–Kier alpha value is -1.67. The average molecular weight is 260 g/mol. The summed E-state index contributed by atoms with van der Waals surface area (Å²) in [5.74, 6) is -4.18. The molecule has 1 aromatic rings. The lowest BCUT2D eigenvalue weighted by Gasteiger charge is -2.14. The van der Waals surface area contributed by atoms with Crippen molar-refractivity contribution in [2.24, 2.45) is 0 Å². The monoisotopic (exact) mass is 259 g/mol. The van der Waals surface area contributed by atoms with Crippen LogP contribution in [0.2, 0.25) is 5.02 Å². The maximum absolute atomic E-state index is 13.6. The number of methoxy groups -OCH3 is 1. The minimum absolute atomic E-state index is 0.312. The number of ether oxygens (including phenoxy) is 1. The molecule has 0 fully saturated rings. The molecule has 0 saturated carbocycles. The Morgan fingerprint density at radius 1 is 1.59 bits per heavy atom. The molecule has 1 atom stereocenters. The van der Waals surface area contributed by atoms with Crippen LogP contribution in [0.1, 0.15) is 17.9 Å². The molecule has 1 rings (SSSR count). The second-order valence-corrected chi connectivity index (χ2v) is 3.60. The van der Waals surface area contributed by atoms with Gasteiger partial charge in [0.15, 0.2) is 0 Å². The summed E-state index contributed by atoms with van der Waals surface area (Å²) in [6, 6.07) is 3.65. The summed E-state index contributed by atoms with van der Waals surface area (Å²) < 4.78 is 31.5. The van der Waals surface area contributed by atoms with E-state index in [1.54, 1.807) is 6.07 Å². The van der Waals surface area contributed by atoms with E-state index < -0.39 is 29.1 Å². The van der Waals surface area contributed by atoms with Crippen LogP contribution in [0.5, 0.6) is 0 Å². The predicted molar refractivity (Wildman–Crippen MR) is 56.4 cm³/mol. The quantitative estimate of drug-likeness (QED) is 0.619. The molecule has 0 saturated heterocycles. The zero-order chi connectivity index (χ0) is 13.0. The SMILES string of the molecule is COC(=O)C(CC#N)c1c(F)ccc(Cl)c1F. The highest BCUT2D eigenvalue weighted by atomic mass is 35.5. The van der Waals surface area contributed by atoms with Crippen LogP contribution >= 0.6 is 11.6 Å². The summed E-state index contributed by atoms with van der Waals surface area (Å²) in [5.41, 5.74) is -0.536. The van der Waals surface area contributed by atoms with Crippen LogP contribution in [0.25, 0.3) is 0 Å². The van der Waals surface area contributed by atoms with Crippen LogP contribution in [0.3, 0.4) is 0 Å². The molecule has 90 valence electrons. The van der Waals surface area contributed by atoms with Gasteiger partial charge in [0, 0.05) is 5.56 Å². The van der Waals surface area contributed by atoms with Crippen molar-refractivity contribution in [1.29, 1.82) is 5.26 Å². The van der Waals surface area contributed by atoms with Crippen LogP contribution in [-0.2, 0) is 9.53 Å². The normalized spacial score (nSPS) is 11.7. The third-order valence-corrected chi connectivity index (χ3v) is 2.50. The van der Waals surface area contributed by atoms with Gasteiger partial charge < -0.3 is 4.74 Å². The van der Waals surface area contributed by atoms with E-state index in [-0.39, 0.29) is 11.4 Å². The Balaban J connectivity index is 3.33. The lowest BCUT2D eigenvalue weighted by molar-refractivity contribution is -0.142. The first kappa shape index (κ1) is 13.4. The number of halogens is 3. The van der Waals surface area contributed by atoms with Gasteiger partial charge in [0.05, 0.1) is 24.6 Å². The summed E-state index contributed by atoms with van der Waals surface area (Å²) >= 11 is 5.50. The van der Waals surface area contributed by atoms with Gasteiger partial charge in [0.2, 0.25) is 0 Å². The number of hydrogen-bond acceptors (Lipinski definition) is 3. The van der Waals surface area contributed by atoms with Crippen molar-refractivity contribution < 1.29 is 18.3 Å². The Morgan fingerprint density at radius 3 is 2.76 bits per heavy atom. The molecule has 0 N–H and O–H groups in total. The third-order valence-electron chi connectivity index (χ3n) is 2.21. The van der Waals surface area contributed by atoms with Gasteiger partial charge in [0.1, 0.15) is 17.6 Å². The summed E-state index contributed by atoms with van der Waals surface area (Å²) in [4.78, 5) is 11.4. The van der Waals surface area contributed by atoms with Gasteiger partial charge in [-0.15, -0.1) is 0 Å². The first-order valence-electron chi connectivity index (χ1n) is 4.61. The van der Waals surface area contributed by atoms with Gasteiger partial charge in [-0.05, 0) is 12.1 Å². The second-order valence-electron chi connectivity index (χ2n) is 3.19. The highest BCUT2D eigenvalue weighted by Crippen LogP contribution is 2.30. The zero-order valence-corrected chi connectivity index (χ0v) is 9.59. The van der Waals surface area contributed by atoms with E-state index in [1.165, 1.54) is 0 Å². The Labute approximate surface area is 102 Å². The Morgan fingerprint density at radius 2 is 2.24 bits per heavy atom. The molecular weight excluding hydrogens is 252 g/mol. The highest BCUT2D eigenvalue weighted by Gasteiger charge is 2.28. The smallest absolute Gasteiger partial charge is 0.314 e. The molecule has 0 spiro atoms. The van der Waals surface area contributed by atoms with E-state index in [9.17, 15) is 13.6 Å². The Bertz CT molecular complexity index is 485. The van der Waals surface area contributed by atoms with Crippen molar-refractivity contribution in [3.8, 4) is 6.07 Å². The van der Waals surface area contributed by atoms with E-state index in [4.69, 9.17) is 16.9 Å². The molecule has 3 nitrogen and oxygen atoms in total. The maximum Gasteiger partial charge on any atom is 0.314 e. The van der Waals surface area contributed by atoms with Crippen molar-refractivity contribution in [2.45, 2.75) is 12.3 Å². The minimum Gasteiger partial charge on any atom is -0.469 e. The molecule has 0 heterocycles. The van der Waals surface area contributed by atoms with Crippen LogP contribution in [0.4, 0.5) is 8.78 Å². The number of nitrogens with zero attached hydrogens (tertiary/aromatic N) is 1. The maximum atomic E-state index is 13.6. The molecule has 17 heavy (non-hydrogen) atoms. The molecule has 6 heteroatoms. The van der Waals surface area contributed by atoms with Gasteiger partial charge in [0.25, 0.3) is 0 Å². The van der Waals surface area contributed by atoms with Crippen LogP contribution in [0.15, 0.2) is 12.1 Å². The van der Waals surface area contributed by atoms with Gasteiger partial charge in [-0.1, -0.05) is 11.6 Å². The molecule has 0 aliphatic carbocycles. The summed E-state index contributed by atoms with van der Waals surface area (Å²) in [6.07, 6.45) is -0.388. The predicted octanol–water partition coefficient (Wildman–Crippen LogP) is 2.79. The fourth-order valence-corrected chi connectivity index (χ4v) is 1.56. The zero-order valence-electron chi connectivity index (χ0n) is 8.84. The molecule has 0 aliphatic heterocycles. The number of rotatable bonds is 3. The lowest BCUT2D eigenvalue weighted by Crippen LogP contribution is -2.17. The van der Waals surface area contributed by atoms with Crippen molar-refractivity contribution in [1.82, 2.24) is 0 Å². The molecule has 0 amide bonds. The molecule has 0 bridgehead atoms. The first-order valence-corrected chi connectivity index (χ1v) is 4.98. The van der Waals surface area contributed by atoms with Crippen molar-refractivity contribution >= 4 is 17.6 Å². The highest BCUT2D eigenvalue weighted by molar-refractivity contribution is 6.30. The van der Waals surface area contributed by atoms with E-state index in [0.29, 0.717) is 0 Å². The number of carbonyl (C=O) groups is 1. The number of esters is 1. The fourth-order valence-electron chi connectivity index (χ4n) is 1.40. The topological polar surface area (TPSA) is 50.1 Å². The molecule has 1 unspecified atom stereocenters. The molecule has 0 aromatic heterocycles. The van der Waals surface area contributed by atoms with E-state index in [0.717, 1.165) is 19.2 Å². The van der Waals surface area contributed by atoms with Gasteiger partial charge >= 0.3 is 5.97 Å². The Kier molecular flexibility index (Phi) is 4.41. The number of benzene rings is 1. The molecule has 1 aromatic carbocycles. The van der Waals surface area contributed by atoms with Crippen LogP contribution < -0.4 is 0 Å². The number of hydrogen-bond donors (Lipinski definition) is 0. The van der Waals surface area contributed by atoms with Crippen LogP contribution in [0, 0.1) is 23.0 Å². The summed E-state index contributed by atoms with van der Waals surface area (Å²) in [6.45, 7) is 0. The van der Waals surface area contributed by atoms with Crippen molar-refractivity contribution in [2.75, 3.05) is 7.11 Å². The van der Waals surface area contributed by atoms with Crippen molar-refractivity contribution in [3.05, 3.63) is 34.4 Å². The number of nitriles is 1. The third kappa shape index (κ3) is 2.71. The fraction of sp³-hybridized carbons (Fsp3) is 0.273. The molecular formula is C11H8ClF2NO2. The van der Waals surface area contributed by atoms with Gasteiger partial charge in [-0.2, -0.15) is 5.26 Å². The first-order chi connectivity index (χ1) is 8.02. The van der Waals surface area contributed by atoms with E-state index in [2.05, 4.69) is 4.74 Å². The van der Waals surface area contributed by atoms with E-state index >= 15 is 0 Å². The van der Waals surface area contributed by atoms with Gasteiger partial charge in [-0.25, -0.2) is 8.78 Å². The van der Waals surface area contributed by atoms with E-state index in [1.807, 2.05) is 0 Å². The summed E-state index contributed by atoms with van der Waals surface area (Å²) in [7, 11) is 1.08. The van der Waals surface area contributed by atoms with Crippen molar-refractivity contribution in [3.63, 3.8) is 0 Å². The average Bonchev–Trinajstić information content (AvgIpc) is 2.32. The molecule has 0 radical (unpaired) electrons. The number of carbonyl (C=O) groups excluding carboxylic acids is 1. The minimum atomic E-state index is -1.32. The lowest BCUT2D eigenvalue weighted by atomic mass is 9.95. The molecule has 0 aliphatic rings. The second kappa shape index (κ2) is 5.60. The largest absolute Gasteiger partial charge is 0.469 e. The standard InChI is InChI=1S/C11H8ClF2NO2/c1-17-11(16)6(4-5-15)9-8(13)3-2-7(12)10(9)14/h2-3,6H,4H2,1H3. The van der Waals surface area contributed by atoms with Crippen LogP contribution in [-0.4, -0.2) is 13.1 Å². The van der Waals surface area contributed by atoms with Gasteiger partial charge in [-0.3, -0.25) is 4.79 Å².